The van der Waals surface area contributed by atoms with E-state index in [-0.39, 0.29) is 23.5 Å². The summed E-state index contributed by atoms with van der Waals surface area (Å²) >= 11 is 0. The monoisotopic (exact) mass is 261 g/mol. The van der Waals surface area contributed by atoms with E-state index in [1.54, 1.807) is 0 Å². The Balaban J connectivity index is 1.77. The van der Waals surface area contributed by atoms with Gasteiger partial charge in [0.2, 0.25) is 0 Å². The van der Waals surface area contributed by atoms with E-state index in [2.05, 4.69) is 5.32 Å². The predicted molar refractivity (Wildman–Crippen MR) is 63.6 cm³/mol. The molecule has 0 aromatic carbocycles. The molecule has 17 heavy (non-hydrogen) atoms. The summed E-state index contributed by atoms with van der Waals surface area (Å²) < 4.78 is 22.6. The van der Waals surface area contributed by atoms with E-state index < -0.39 is 15.8 Å². The fraction of sp³-hybridized carbons (Fsp3) is 0.909. The van der Waals surface area contributed by atoms with Crippen LogP contribution in [-0.2, 0) is 14.6 Å². The van der Waals surface area contributed by atoms with Crippen LogP contribution in [-0.4, -0.2) is 43.1 Å². The van der Waals surface area contributed by atoms with Crippen molar-refractivity contribution < 1.29 is 18.3 Å². The Hall–Kier alpha value is -0.620. The molecule has 1 heterocycles. The van der Waals surface area contributed by atoms with Crippen molar-refractivity contribution in [3.05, 3.63) is 0 Å². The smallest absolute Gasteiger partial charge is 0.306 e. The van der Waals surface area contributed by atoms with Crippen LogP contribution < -0.4 is 5.32 Å². The van der Waals surface area contributed by atoms with Crippen molar-refractivity contribution >= 4 is 15.8 Å². The van der Waals surface area contributed by atoms with Crippen molar-refractivity contribution in [3.8, 4) is 0 Å². The molecule has 0 amide bonds. The summed E-state index contributed by atoms with van der Waals surface area (Å²) in [6.45, 7) is 0. The maximum atomic E-state index is 11.3. The fourth-order valence-electron chi connectivity index (χ4n) is 2.77. The molecule has 0 bridgehead atoms. The summed E-state index contributed by atoms with van der Waals surface area (Å²) in [4.78, 5) is 10.8. The molecule has 98 valence electrons. The summed E-state index contributed by atoms with van der Waals surface area (Å²) in [6.07, 6.45) is 3.78. The molecule has 2 rings (SSSR count). The van der Waals surface area contributed by atoms with Gasteiger partial charge in [-0.25, -0.2) is 8.42 Å². The Kier molecular flexibility index (Phi) is 3.73. The van der Waals surface area contributed by atoms with Crippen molar-refractivity contribution in [2.45, 2.75) is 44.2 Å². The highest BCUT2D eigenvalue weighted by Crippen LogP contribution is 2.25. The van der Waals surface area contributed by atoms with Crippen molar-refractivity contribution in [2.75, 3.05) is 11.5 Å². The molecule has 0 aromatic heterocycles. The number of carbonyl (C=O) groups is 1. The van der Waals surface area contributed by atoms with Gasteiger partial charge in [0.25, 0.3) is 0 Å². The molecule has 1 aliphatic heterocycles. The van der Waals surface area contributed by atoms with E-state index in [0.29, 0.717) is 25.3 Å². The lowest BCUT2D eigenvalue weighted by Crippen LogP contribution is -2.41. The molecule has 2 fully saturated rings. The van der Waals surface area contributed by atoms with Crippen molar-refractivity contribution in [1.82, 2.24) is 5.32 Å². The molecule has 0 radical (unpaired) electrons. The Morgan fingerprint density at radius 2 is 1.71 bits per heavy atom. The summed E-state index contributed by atoms with van der Waals surface area (Å²) in [5.41, 5.74) is 0. The molecule has 0 spiro atoms. The van der Waals surface area contributed by atoms with Crippen LogP contribution in [0.1, 0.15) is 32.1 Å². The Morgan fingerprint density at radius 3 is 2.18 bits per heavy atom. The first kappa shape index (κ1) is 12.8. The fourth-order valence-corrected chi connectivity index (χ4v) is 4.45. The molecule has 0 unspecified atom stereocenters. The summed E-state index contributed by atoms with van der Waals surface area (Å²) in [5, 5.41) is 12.2. The molecular formula is C11H19NO4S. The molecule has 1 saturated heterocycles. The van der Waals surface area contributed by atoms with Crippen LogP contribution in [0.15, 0.2) is 0 Å². The van der Waals surface area contributed by atoms with E-state index >= 15 is 0 Å². The minimum absolute atomic E-state index is 0.0754. The number of hydrogen-bond acceptors (Lipinski definition) is 4. The first-order valence-corrected chi connectivity index (χ1v) is 7.98. The minimum atomic E-state index is -2.83. The van der Waals surface area contributed by atoms with Gasteiger partial charge in [-0.15, -0.1) is 0 Å². The molecule has 2 N–H and O–H groups in total. The second-order valence-electron chi connectivity index (χ2n) is 5.15. The molecule has 1 atom stereocenters. The van der Waals surface area contributed by atoms with Crippen LogP contribution in [0.4, 0.5) is 0 Å². The molecule has 5 nitrogen and oxygen atoms in total. The average molecular weight is 261 g/mol. The lowest BCUT2D eigenvalue weighted by Gasteiger charge is -2.29. The van der Waals surface area contributed by atoms with E-state index in [9.17, 15) is 13.2 Å². The van der Waals surface area contributed by atoms with Gasteiger partial charge in [-0.2, -0.15) is 0 Å². The zero-order chi connectivity index (χ0) is 12.5. The first-order chi connectivity index (χ1) is 7.96. The van der Waals surface area contributed by atoms with E-state index in [1.807, 2.05) is 0 Å². The number of rotatable bonds is 3. The minimum Gasteiger partial charge on any atom is -0.481 e. The Morgan fingerprint density at radius 1 is 1.06 bits per heavy atom. The van der Waals surface area contributed by atoms with Gasteiger partial charge in [0.15, 0.2) is 9.84 Å². The van der Waals surface area contributed by atoms with Gasteiger partial charge in [0.1, 0.15) is 0 Å². The third kappa shape index (κ3) is 3.42. The average Bonchev–Trinajstić information content (AvgIpc) is 2.59. The van der Waals surface area contributed by atoms with E-state index in [4.69, 9.17) is 5.11 Å². The summed E-state index contributed by atoms with van der Waals surface area (Å²) in [6, 6.07) is 0.371. The van der Waals surface area contributed by atoms with Gasteiger partial charge in [-0.1, -0.05) is 0 Å². The van der Waals surface area contributed by atoms with Gasteiger partial charge in [-0.05, 0) is 32.1 Å². The maximum Gasteiger partial charge on any atom is 0.306 e. The van der Waals surface area contributed by atoms with Crippen LogP contribution >= 0.6 is 0 Å². The molecular weight excluding hydrogens is 242 g/mol. The summed E-state index contributed by atoms with van der Waals surface area (Å²) in [7, 11) is -2.83. The quantitative estimate of drug-likeness (QED) is 0.768. The normalized spacial score (nSPS) is 36.8. The standard InChI is InChI=1S/C11H19NO4S/c13-11(14)8-1-3-9(4-2-8)12-10-5-6-17(15,16)7-10/h8-10,12H,1-7H2,(H,13,14)/t8?,9?,10-/m0/s1. The van der Waals surface area contributed by atoms with Gasteiger partial charge in [0, 0.05) is 12.1 Å². The zero-order valence-corrected chi connectivity index (χ0v) is 10.6. The molecule has 1 aliphatic carbocycles. The van der Waals surface area contributed by atoms with Crippen molar-refractivity contribution in [1.29, 1.82) is 0 Å². The van der Waals surface area contributed by atoms with Crippen molar-refractivity contribution in [2.24, 2.45) is 5.92 Å². The Bertz CT molecular complexity index is 384. The number of aliphatic carboxylic acids is 1. The topological polar surface area (TPSA) is 83.5 Å². The van der Waals surface area contributed by atoms with Crippen molar-refractivity contribution in [3.63, 3.8) is 0 Å². The largest absolute Gasteiger partial charge is 0.481 e. The molecule has 0 aromatic rings. The highest BCUT2D eigenvalue weighted by atomic mass is 32.2. The number of nitrogens with one attached hydrogen (secondary N) is 1. The van der Waals surface area contributed by atoms with Gasteiger partial charge in [-0.3, -0.25) is 4.79 Å². The Labute approximate surface area is 102 Å². The SMILES string of the molecule is O=C(O)C1CCC(N[C@H]2CCS(=O)(=O)C2)CC1. The van der Waals surface area contributed by atoms with Gasteiger partial charge in [0.05, 0.1) is 17.4 Å². The predicted octanol–water partition coefficient (Wildman–Crippen LogP) is 0.406. The van der Waals surface area contributed by atoms with Crippen LogP contribution in [0.25, 0.3) is 0 Å². The molecule has 2 aliphatic rings. The second kappa shape index (κ2) is 4.94. The van der Waals surface area contributed by atoms with Crippen LogP contribution in [0.3, 0.4) is 0 Å². The third-order valence-corrected chi connectivity index (χ3v) is 5.55. The lowest BCUT2D eigenvalue weighted by molar-refractivity contribution is -0.142. The highest BCUT2D eigenvalue weighted by Gasteiger charge is 2.31. The highest BCUT2D eigenvalue weighted by molar-refractivity contribution is 7.91. The lowest BCUT2D eigenvalue weighted by atomic mass is 9.86. The van der Waals surface area contributed by atoms with E-state index in [0.717, 1.165) is 12.8 Å². The second-order valence-corrected chi connectivity index (χ2v) is 7.38. The van der Waals surface area contributed by atoms with Crippen LogP contribution in [0, 0.1) is 5.92 Å². The number of sulfone groups is 1. The van der Waals surface area contributed by atoms with Gasteiger partial charge < -0.3 is 10.4 Å². The number of carboxylic acids is 1. The van der Waals surface area contributed by atoms with E-state index in [1.165, 1.54) is 0 Å². The molecule has 6 heteroatoms. The number of hydrogen-bond donors (Lipinski definition) is 2. The third-order valence-electron chi connectivity index (χ3n) is 3.78. The maximum absolute atomic E-state index is 11.3. The summed E-state index contributed by atoms with van der Waals surface area (Å²) in [5.74, 6) is -0.381. The van der Waals surface area contributed by atoms with Crippen LogP contribution in [0.5, 0.6) is 0 Å². The molecule has 1 saturated carbocycles. The first-order valence-electron chi connectivity index (χ1n) is 6.15. The number of carboxylic acid groups (broad SMARTS) is 1. The zero-order valence-electron chi connectivity index (χ0n) is 9.76. The van der Waals surface area contributed by atoms with Crippen LogP contribution in [0.2, 0.25) is 0 Å². The van der Waals surface area contributed by atoms with Gasteiger partial charge >= 0.3 is 5.97 Å².